The van der Waals surface area contributed by atoms with Crippen LogP contribution in [0.2, 0.25) is 0 Å². The average Bonchev–Trinajstić information content (AvgIpc) is 2.46. The van der Waals surface area contributed by atoms with Crippen molar-refractivity contribution in [3.63, 3.8) is 0 Å². The third kappa shape index (κ3) is 3.45. The lowest BCUT2D eigenvalue weighted by atomic mass is 10.2. The molecule has 2 aromatic rings. The van der Waals surface area contributed by atoms with Crippen molar-refractivity contribution in [1.82, 2.24) is 0 Å². The molecule has 2 rings (SSSR count). The Morgan fingerprint density at radius 1 is 1.00 bits per heavy atom. The molecule has 0 amide bonds. The van der Waals surface area contributed by atoms with Crippen molar-refractivity contribution in [3.8, 4) is 0 Å². The minimum Gasteiger partial charge on any atom is -0.384 e. The molecule has 20 heavy (non-hydrogen) atoms. The second kappa shape index (κ2) is 5.88. The number of rotatable bonds is 5. The van der Waals surface area contributed by atoms with Crippen molar-refractivity contribution in [1.29, 1.82) is 5.41 Å². The van der Waals surface area contributed by atoms with Gasteiger partial charge in [-0.2, -0.15) is 0 Å². The third-order valence-electron chi connectivity index (χ3n) is 3.03. The number of nitrogen functional groups attached to an aromatic ring is 1. The Kier molecular flexibility index (Phi) is 4.20. The van der Waals surface area contributed by atoms with Crippen molar-refractivity contribution >= 4 is 15.7 Å². The van der Waals surface area contributed by atoms with Crippen molar-refractivity contribution in [2.24, 2.45) is 5.73 Å². The van der Waals surface area contributed by atoms with E-state index in [0.717, 1.165) is 5.56 Å². The summed E-state index contributed by atoms with van der Waals surface area (Å²) in [6.07, 6.45) is 0.484. The van der Waals surface area contributed by atoms with E-state index in [4.69, 9.17) is 11.1 Å². The van der Waals surface area contributed by atoms with E-state index >= 15 is 0 Å². The summed E-state index contributed by atoms with van der Waals surface area (Å²) in [5.74, 6) is -0.00518. The summed E-state index contributed by atoms with van der Waals surface area (Å²) in [4.78, 5) is 0.262. The first-order chi connectivity index (χ1) is 9.49. The van der Waals surface area contributed by atoms with Gasteiger partial charge in [-0.05, 0) is 24.1 Å². The molecule has 0 aliphatic heterocycles. The molecule has 0 saturated heterocycles. The largest absolute Gasteiger partial charge is 0.384 e. The Balaban J connectivity index is 2.12. The maximum absolute atomic E-state index is 12.2. The normalized spacial score (nSPS) is 11.2. The van der Waals surface area contributed by atoms with Gasteiger partial charge < -0.3 is 5.73 Å². The minimum absolute atomic E-state index is 0.0659. The zero-order valence-electron chi connectivity index (χ0n) is 10.9. The molecule has 0 bridgehead atoms. The topological polar surface area (TPSA) is 84.0 Å². The highest BCUT2D eigenvalue weighted by Crippen LogP contribution is 2.14. The molecule has 0 heterocycles. The summed E-state index contributed by atoms with van der Waals surface area (Å²) in [6.45, 7) is 0. The first kappa shape index (κ1) is 14.3. The molecule has 2 aromatic carbocycles. The number of nitrogens with two attached hydrogens (primary N) is 1. The molecule has 0 aliphatic rings. The van der Waals surface area contributed by atoms with Crippen molar-refractivity contribution < 1.29 is 8.42 Å². The van der Waals surface area contributed by atoms with Crippen LogP contribution in [0.15, 0.2) is 59.5 Å². The van der Waals surface area contributed by atoms with Gasteiger partial charge in [-0.15, -0.1) is 0 Å². The van der Waals surface area contributed by atoms with E-state index in [1.54, 1.807) is 12.1 Å². The zero-order chi connectivity index (χ0) is 14.6. The molecule has 0 aromatic heterocycles. The van der Waals surface area contributed by atoms with Crippen LogP contribution in [0, 0.1) is 5.41 Å². The van der Waals surface area contributed by atoms with Crippen LogP contribution >= 0.6 is 0 Å². The minimum atomic E-state index is -3.31. The number of hydrogen-bond donors (Lipinski definition) is 2. The fraction of sp³-hybridized carbons (Fsp3) is 0.133. The van der Waals surface area contributed by atoms with Gasteiger partial charge in [0.15, 0.2) is 9.84 Å². The monoisotopic (exact) mass is 288 g/mol. The number of benzene rings is 2. The van der Waals surface area contributed by atoms with E-state index in [1.807, 2.05) is 30.3 Å². The number of amidine groups is 1. The average molecular weight is 288 g/mol. The highest BCUT2D eigenvalue weighted by molar-refractivity contribution is 7.91. The Bertz CT molecular complexity index is 692. The van der Waals surface area contributed by atoms with E-state index in [9.17, 15) is 8.42 Å². The molecular weight excluding hydrogens is 272 g/mol. The summed E-state index contributed by atoms with van der Waals surface area (Å²) in [5.41, 5.74) is 6.86. The third-order valence-corrected chi connectivity index (χ3v) is 4.76. The number of sulfone groups is 1. The van der Waals surface area contributed by atoms with Gasteiger partial charge in [0.1, 0.15) is 5.84 Å². The molecular formula is C15H16N2O2S. The van der Waals surface area contributed by atoms with Gasteiger partial charge in [0, 0.05) is 5.56 Å². The first-order valence-electron chi connectivity index (χ1n) is 6.20. The van der Waals surface area contributed by atoms with Crippen LogP contribution < -0.4 is 5.73 Å². The molecule has 0 aliphatic carbocycles. The summed E-state index contributed by atoms with van der Waals surface area (Å²) < 4.78 is 24.4. The maximum Gasteiger partial charge on any atom is 0.178 e. The number of hydrogen-bond acceptors (Lipinski definition) is 3. The van der Waals surface area contributed by atoms with Crippen molar-refractivity contribution in [2.45, 2.75) is 11.3 Å². The molecule has 5 heteroatoms. The molecule has 0 saturated carbocycles. The number of aryl methyl sites for hydroxylation is 1. The highest BCUT2D eigenvalue weighted by atomic mass is 32.2. The number of nitrogens with one attached hydrogen (secondary N) is 1. The van der Waals surface area contributed by atoms with E-state index in [-0.39, 0.29) is 16.5 Å². The summed E-state index contributed by atoms with van der Waals surface area (Å²) in [5, 5.41) is 7.28. The van der Waals surface area contributed by atoms with Crippen molar-refractivity contribution in [2.75, 3.05) is 5.75 Å². The van der Waals surface area contributed by atoms with E-state index < -0.39 is 9.84 Å². The molecule has 104 valence electrons. The molecule has 3 N–H and O–H groups in total. The van der Waals surface area contributed by atoms with Crippen LogP contribution in [0.4, 0.5) is 0 Å². The van der Waals surface area contributed by atoms with Crippen LogP contribution in [-0.4, -0.2) is 20.0 Å². The Labute approximate surface area is 118 Å². The summed E-state index contributed by atoms with van der Waals surface area (Å²) in [6, 6.07) is 15.6. The quantitative estimate of drug-likeness (QED) is 0.652. The smallest absolute Gasteiger partial charge is 0.178 e. The fourth-order valence-corrected chi connectivity index (χ4v) is 3.15. The lowest BCUT2D eigenvalue weighted by Crippen LogP contribution is -2.12. The van der Waals surface area contributed by atoms with Crippen LogP contribution in [-0.2, 0) is 16.3 Å². The Hall–Kier alpha value is -2.14. The van der Waals surface area contributed by atoms with Crippen LogP contribution in [0.5, 0.6) is 0 Å². The maximum atomic E-state index is 12.2. The second-order valence-electron chi connectivity index (χ2n) is 4.49. The second-order valence-corrected chi connectivity index (χ2v) is 6.60. The summed E-state index contributed by atoms with van der Waals surface area (Å²) >= 11 is 0. The van der Waals surface area contributed by atoms with Gasteiger partial charge in [-0.1, -0.05) is 42.5 Å². The summed E-state index contributed by atoms with van der Waals surface area (Å²) in [7, 11) is -3.31. The van der Waals surface area contributed by atoms with Gasteiger partial charge in [-0.3, -0.25) is 5.41 Å². The Morgan fingerprint density at radius 3 is 2.15 bits per heavy atom. The van der Waals surface area contributed by atoms with E-state index in [1.165, 1.54) is 12.1 Å². The van der Waals surface area contributed by atoms with Crippen LogP contribution in [0.3, 0.4) is 0 Å². The van der Waals surface area contributed by atoms with Crippen molar-refractivity contribution in [3.05, 3.63) is 65.7 Å². The first-order valence-corrected chi connectivity index (χ1v) is 7.85. The molecule has 4 nitrogen and oxygen atoms in total. The fourth-order valence-electron chi connectivity index (χ4n) is 1.86. The SMILES string of the molecule is N=C(N)c1ccc(S(=O)(=O)CCc2ccccc2)cc1. The standard InChI is InChI=1S/C15H16N2O2S/c16-15(17)13-6-8-14(9-7-13)20(18,19)11-10-12-4-2-1-3-5-12/h1-9H,10-11H2,(H3,16,17). The highest BCUT2D eigenvalue weighted by Gasteiger charge is 2.14. The van der Waals surface area contributed by atoms with Crippen LogP contribution in [0.25, 0.3) is 0 Å². The lowest BCUT2D eigenvalue weighted by Gasteiger charge is -2.06. The van der Waals surface area contributed by atoms with Crippen LogP contribution in [0.1, 0.15) is 11.1 Å². The molecule has 0 fully saturated rings. The van der Waals surface area contributed by atoms with E-state index in [2.05, 4.69) is 0 Å². The molecule has 0 unspecified atom stereocenters. The Morgan fingerprint density at radius 2 is 1.60 bits per heavy atom. The zero-order valence-corrected chi connectivity index (χ0v) is 11.7. The predicted octanol–water partition coefficient (Wildman–Crippen LogP) is 1.99. The lowest BCUT2D eigenvalue weighted by molar-refractivity contribution is 0.595. The van der Waals surface area contributed by atoms with Gasteiger partial charge in [-0.25, -0.2) is 8.42 Å². The van der Waals surface area contributed by atoms with Gasteiger partial charge in [0.2, 0.25) is 0 Å². The predicted molar refractivity (Wildman–Crippen MR) is 79.7 cm³/mol. The molecule has 0 spiro atoms. The molecule has 0 radical (unpaired) electrons. The molecule has 0 atom stereocenters. The van der Waals surface area contributed by atoms with Gasteiger partial charge in [0.25, 0.3) is 0 Å². The van der Waals surface area contributed by atoms with Gasteiger partial charge in [0.05, 0.1) is 10.6 Å². The van der Waals surface area contributed by atoms with E-state index in [0.29, 0.717) is 12.0 Å². The van der Waals surface area contributed by atoms with Gasteiger partial charge >= 0.3 is 0 Å².